The van der Waals surface area contributed by atoms with E-state index in [0.29, 0.717) is 17.2 Å². The molecule has 2 fully saturated rings. The van der Waals surface area contributed by atoms with Crippen LogP contribution in [0, 0.1) is 11.8 Å². The number of halogens is 1. The number of pyridine rings is 1. The molecule has 4 aliphatic rings. The van der Waals surface area contributed by atoms with Crippen LogP contribution in [0.15, 0.2) is 58.8 Å². The predicted molar refractivity (Wildman–Crippen MR) is 129 cm³/mol. The first-order valence-corrected chi connectivity index (χ1v) is 12.1. The summed E-state index contributed by atoms with van der Waals surface area (Å²) in [5.74, 6) is -0.227. The van der Waals surface area contributed by atoms with Gasteiger partial charge in [0.05, 0.1) is 29.5 Å². The highest BCUT2D eigenvalue weighted by molar-refractivity contribution is 6.06. The Labute approximate surface area is 194 Å². The first kappa shape index (κ1) is 22.0. The molecule has 0 radical (unpaired) electrons. The number of aliphatic imine (C=N–C) groups is 1. The first-order chi connectivity index (χ1) is 16.0. The summed E-state index contributed by atoms with van der Waals surface area (Å²) < 4.78 is 14.7. The molecule has 7 heteroatoms. The molecule has 1 saturated heterocycles. The number of carbonyl (C=O) groups is 1. The number of aromatic nitrogens is 1. The number of likely N-dealkylation sites (tertiary alicyclic amines) is 1. The van der Waals surface area contributed by atoms with Crippen molar-refractivity contribution in [3.8, 4) is 0 Å². The van der Waals surface area contributed by atoms with Crippen LogP contribution in [0.4, 0.5) is 10.1 Å². The summed E-state index contributed by atoms with van der Waals surface area (Å²) in [5, 5.41) is 3.05. The molecule has 2 unspecified atom stereocenters. The topological polar surface area (TPSA) is 83.6 Å². The lowest BCUT2D eigenvalue weighted by Gasteiger charge is -2.33. The maximum Gasteiger partial charge on any atom is 0.253 e. The highest BCUT2D eigenvalue weighted by atomic mass is 19.1. The number of hydrogen-bond donors (Lipinski definition) is 2. The zero-order valence-corrected chi connectivity index (χ0v) is 19.1. The van der Waals surface area contributed by atoms with Gasteiger partial charge in [0.25, 0.3) is 5.91 Å². The van der Waals surface area contributed by atoms with E-state index in [4.69, 9.17) is 5.73 Å². The molecule has 2 aliphatic carbocycles. The van der Waals surface area contributed by atoms with Gasteiger partial charge in [-0.05, 0) is 73.8 Å². The van der Waals surface area contributed by atoms with Crippen LogP contribution in [-0.2, 0) is 4.79 Å². The van der Waals surface area contributed by atoms with Gasteiger partial charge in [-0.15, -0.1) is 0 Å². The van der Waals surface area contributed by atoms with E-state index in [1.165, 1.54) is 6.08 Å². The SMILES string of the molecule is C[C@@H]1C[C@H](N)C[C@H](c2ccncc2NC(=O)C2=CC=C(F)C3C=C(N4CCCC4)C=NC23)C1. The van der Waals surface area contributed by atoms with Crippen molar-refractivity contribution in [2.45, 2.75) is 57.0 Å². The molecule has 5 rings (SSSR count). The number of fused-ring (bicyclic) bond motifs is 1. The van der Waals surface area contributed by atoms with Gasteiger partial charge in [0.15, 0.2) is 0 Å². The van der Waals surface area contributed by atoms with Gasteiger partial charge in [-0.1, -0.05) is 6.92 Å². The minimum Gasteiger partial charge on any atom is -0.371 e. The van der Waals surface area contributed by atoms with E-state index in [-0.39, 0.29) is 23.7 Å². The average molecular weight is 450 g/mol. The maximum atomic E-state index is 14.7. The molecule has 0 spiro atoms. The van der Waals surface area contributed by atoms with Gasteiger partial charge in [-0.3, -0.25) is 14.8 Å². The number of rotatable bonds is 4. The number of anilines is 1. The van der Waals surface area contributed by atoms with Crippen molar-refractivity contribution in [3.05, 3.63) is 59.3 Å². The third-order valence-corrected chi connectivity index (χ3v) is 7.37. The molecule has 2 aliphatic heterocycles. The first-order valence-electron chi connectivity index (χ1n) is 12.1. The van der Waals surface area contributed by atoms with Crippen molar-refractivity contribution in [1.29, 1.82) is 0 Å². The average Bonchev–Trinajstić information content (AvgIpc) is 3.34. The Balaban J connectivity index is 1.35. The van der Waals surface area contributed by atoms with Crippen LogP contribution in [-0.4, -0.2) is 47.2 Å². The van der Waals surface area contributed by atoms with Crippen LogP contribution in [0.3, 0.4) is 0 Å². The lowest BCUT2D eigenvalue weighted by molar-refractivity contribution is -0.113. The standard InChI is InChI=1S/C26H32FN5O/c1-16-10-17(12-18(28)11-16)20-6-7-29-15-24(20)31-26(33)21-4-5-23(27)22-13-19(14-30-25(21)22)32-8-2-3-9-32/h4-7,13-18,22,25H,2-3,8-12,28H2,1H3,(H,31,33)/t16-,17+,18-,22?,25?/m0/s1. The van der Waals surface area contributed by atoms with Gasteiger partial charge < -0.3 is 16.0 Å². The quantitative estimate of drug-likeness (QED) is 0.725. The monoisotopic (exact) mass is 449 g/mol. The van der Waals surface area contributed by atoms with E-state index in [2.05, 4.69) is 27.1 Å². The van der Waals surface area contributed by atoms with Gasteiger partial charge in [0.2, 0.25) is 0 Å². The third-order valence-electron chi connectivity index (χ3n) is 7.37. The Kier molecular flexibility index (Phi) is 6.15. The number of amides is 1. The minimum absolute atomic E-state index is 0.165. The van der Waals surface area contributed by atoms with Crippen LogP contribution >= 0.6 is 0 Å². The summed E-state index contributed by atoms with van der Waals surface area (Å²) in [6, 6.07) is 1.59. The van der Waals surface area contributed by atoms with Crippen molar-refractivity contribution < 1.29 is 9.18 Å². The normalized spacial score (nSPS) is 31.4. The Morgan fingerprint density at radius 3 is 2.82 bits per heavy atom. The second-order valence-electron chi connectivity index (χ2n) is 9.89. The molecule has 1 amide bonds. The Bertz CT molecular complexity index is 1030. The summed E-state index contributed by atoms with van der Waals surface area (Å²) >= 11 is 0. The molecule has 6 nitrogen and oxygen atoms in total. The molecule has 1 aromatic heterocycles. The van der Waals surface area contributed by atoms with E-state index in [9.17, 15) is 9.18 Å². The molecule has 1 aromatic rings. The van der Waals surface area contributed by atoms with Crippen molar-refractivity contribution in [2.75, 3.05) is 18.4 Å². The lowest BCUT2D eigenvalue weighted by atomic mass is 9.76. The Morgan fingerprint density at radius 1 is 1.21 bits per heavy atom. The number of nitrogens with one attached hydrogen (secondary N) is 1. The summed E-state index contributed by atoms with van der Waals surface area (Å²) in [4.78, 5) is 24.4. The van der Waals surface area contributed by atoms with Crippen molar-refractivity contribution in [2.24, 2.45) is 22.6 Å². The number of carbonyl (C=O) groups excluding carboxylic acids is 1. The van der Waals surface area contributed by atoms with Gasteiger partial charge in [0.1, 0.15) is 5.83 Å². The van der Waals surface area contributed by atoms with Crippen LogP contribution in [0.1, 0.15) is 50.5 Å². The van der Waals surface area contributed by atoms with Crippen LogP contribution in [0.5, 0.6) is 0 Å². The highest BCUT2D eigenvalue weighted by Crippen LogP contribution is 2.39. The third kappa shape index (κ3) is 4.51. The van der Waals surface area contributed by atoms with Crippen LogP contribution < -0.4 is 11.1 Å². The number of allylic oxidation sites excluding steroid dienone is 3. The largest absolute Gasteiger partial charge is 0.371 e. The smallest absolute Gasteiger partial charge is 0.253 e. The van der Waals surface area contributed by atoms with Crippen molar-refractivity contribution in [1.82, 2.24) is 9.88 Å². The molecule has 0 aromatic carbocycles. The number of nitrogens with zero attached hydrogens (tertiary/aromatic N) is 3. The molecule has 3 N–H and O–H groups in total. The summed E-state index contributed by atoms with van der Waals surface area (Å²) in [7, 11) is 0. The van der Waals surface area contributed by atoms with E-state index < -0.39 is 12.0 Å². The molecule has 3 heterocycles. The molecular weight excluding hydrogens is 417 g/mol. The number of nitrogens with two attached hydrogens (primary N) is 1. The second-order valence-corrected chi connectivity index (χ2v) is 9.89. The Hall–Kier alpha value is -2.80. The van der Waals surface area contributed by atoms with Crippen LogP contribution in [0.25, 0.3) is 0 Å². The molecule has 33 heavy (non-hydrogen) atoms. The van der Waals surface area contributed by atoms with E-state index >= 15 is 0 Å². The zero-order chi connectivity index (χ0) is 22.9. The fourth-order valence-corrected chi connectivity index (χ4v) is 5.79. The Morgan fingerprint density at radius 2 is 2.03 bits per heavy atom. The molecule has 174 valence electrons. The van der Waals surface area contributed by atoms with Crippen LogP contribution in [0.2, 0.25) is 0 Å². The van der Waals surface area contributed by atoms with E-state index in [1.807, 2.05) is 12.1 Å². The van der Waals surface area contributed by atoms with E-state index in [0.717, 1.165) is 56.5 Å². The van der Waals surface area contributed by atoms with Gasteiger partial charge >= 0.3 is 0 Å². The number of dihydropyridines is 1. The van der Waals surface area contributed by atoms with Crippen molar-refractivity contribution >= 4 is 17.8 Å². The fraction of sp³-hybridized carbons (Fsp3) is 0.500. The summed E-state index contributed by atoms with van der Waals surface area (Å²) in [5.41, 5.74) is 9.48. The number of hydrogen-bond acceptors (Lipinski definition) is 5. The van der Waals surface area contributed by atoms with Gasteiger partial charge in [-0.2, -0.15) is 0 Å². The zero-order valence-electron chi connectivity index (χ0n) is 19.1. The predicted octanol–water partition coefficient (Wildman–Crippen LogP) is 4.09. The lowest BCUT2D eigenvalue weighted by Crippen LogP contribution is -2.35. The molecule has 0 bridgehead atoms. The second kappa shape index (κ2) is 9.21. The minimum atomic E-state index is -0.551. The summed E-state index contributed by atoms with van der Waals surface area (Å²) in [6.07, 6.45) is 15.4. The molecule has 1 saturated carbocycles. The highest BCUT2D eigenvalue weighted by Gasteiger charge is 2.36. The fourth-order valence-electron chi connectivity index (χ4n) is 5.79. The van der Waals surface area contributed by atoms with Crippen molar-refractivity contribution in [3.63, 3.8) is 0 Å². The summed E-state index contributed by atoms with van der Waals surface area (Å²) in [6.45, 7) is 4.16. The van der Waals surface area contributed by atoms with Gasteiger partial charge in [-0.25, -0.2) is 4.39 Å². The molecule has 5 atom stereocenters. The van der Waals surface area contributed by atoms with E-state index in [1.54, 1.807) is 24.7 Å². The maximum absolute atomic E-state index is 14.7. The van der Waals surface area contributed by atoms with Gasteiger partial charge in [0, 0.05) is 37.1 Å². The molecular formula is C26H32FN5O.